The van der Waals surface area contributed by atoms with Crippen LogP contribution in [0, 0.1) is 6.92 Å². The summed E-state index contributed by atoms with van der Waals surface area (Å²) >= 11 is 0. The molecular formula is C24H20N2O4. The van der Waals surface area contributed by atoms with E-state index in [9.17, 15) is 14.7 Å². The van der Waals surface area contributed by atoms with Gasteiger partial charge in [-0.1, -0.05) is 48.5 Å². The van der Waals surface area contributed by atoms with E-state index in [1.54, 1.807) is 6.92 Å². The minimum Gasteiger partial charge on any atom is -0.478 e. The van der Waals surface area contributed by atoms with Gasteiger partial charge in [0.05, 0.1) is 5.56 Å². The van der Waals surface area contributed by atoms with Crippen LogP contribution in [0.5, 0.6) is 0 Å². The number of ether oxygens (including phenoxy) is 1. The van der Waals surface area contributed by atoms with Crippen LogP contribution in [0.15, 0.2) is 54.7 Å². The highest BCUT2D eigenvalue weighted by atomic mass is 16.6. The molecule has 1 aromatic heterocycles. The Kier molecular flexibility index (Phi) is 4.28. The number of pyridine rings is 1. The zero-order valence-corrected chi connectivity index (χ0v) is 16.5. The van der Waals surface area contributed by atoms with Crippen LogP contribution in [0.4, 0.5) is 10.6 Å². The van der Waals surface area contributed by atoms with Gasteiger partial charge in [0.25, 0.3) is 0 Å². The lowest BCUT2D eigenvalue weighted by Crippen LogP contribution is -2.31. The number of aromatic nitrogens is 1. The van der Waals surface area contributed by atoms with Gasteiger partial charge in [0.1, 0.15) is 12.4 Å². The number of anilines is 1. The van der Waals surface area contributed by atoms with E-state index in [1.165, 1.54) is 22.2 Å². The molecule has 0 bridgehead atoms. The van der Waals surface area contributed by atoms with Crippen molar-refractivity contribution in [3.63, 3.8) is 0 Å². The van der Waals surface area contributed by atoms with Crippen LogP contribution >= 0.6 is 0 Å². The van der Waals surface area contributed by atoms with E-state index < -0.39 is 12.1 Å². The van der Waals surface area contributed by atoms with E-state index in [1.807, 2.05) is 24.3 Å². The number of rotatable bonds is 3. The fourth-order valence-electron chi connectivity index (χ4n) is 4.56. The summed E-state index contributed by atoms with van der Waals surface area (Å²) in [5.74, 6) is -0.524. The first-order valence-corrected chi connectivity index (χ1v) is 9.90. The maximum absolute atomic E-state index is 12.9. The number of aromatic carboxylic acids is 1. The summed E-state index contributed by atoms with van der Waals surface area (Å²) < 4.78 is 5.73. The van der Waals surface area contributed by atoms with Gasteiger partial charge in [-0.3, -0.25) is 4.90 Å². The number of carbonyl (C=O) groups is 2. The third-order valence-corrected chi connectivity index (χ3v) is 6.07. The molecule has 1 aliphatic carbocycles. The second kappa shape index (κ2) is 6.99. The first-order valence-electron chi connectivity index (χ1n) is 9.90. The Balaban J connectivity index is 1.38. The Morgan fingerprint density at radius 2 is 1.73 bits per heavy atom. The monoisotopic (exact) mass is 400 g/mol. The summed E-state index contributed by atoms with van der Waals surface area (Å²) in [6.45, 7) is 2.43. The Labute approximate surface area is 173 Å². The number of hydrogen-bond donors (Lipinski definition) is 1. The largest absolute Gasteiger partial charge is 0.478 e. The van der Waals surface area contributed by atoms with Crippen molar-refractivity contribution in [2.75, 3.05) is 18.1 Å². The van der Waals surface area contributed by atoms with E-state index in [0.29, 0.717) is 24.3 Å². The molecule has 30 heavy (non-hydrogen) atoms. The first-order chi connectivity index (χ1) is 14.6. The van der Waals surface area contributed by atoms with E-state index >= 15 is 0 Å². The Hall–Kier alpha value is -3.67. The molecule has 6 nitrogen and oxygen atoms in total. The molecule has 0 spiro atoms. The molecule has 1 amide bonds. The van der Waals surface area contributed by atoms with Crippen molar-refractivity contribution in [3.05, 3.63) is 82.5 Å². The predicted octanol–water partition coefficient (Wildman–Crippen LogP) is 4.40. The van der Waals surface area contributed by atoms with Crippen molar-refractivity contribution in [1.82, 2.24) is 4.98 Å². The lowest BCUT2D eigenvalue weighted by molar-refractivity contribution is 0.0695. The number of nitrogens with zero attached hydrogens (tertiary/aromatic N) is 2. The smallest absolute Gasteiger partial charge is 0.415 e. The van der Waals surface area contributed by atoms with Gasteiger partial charge in [0.2, 0.25) is 0 Å². The van der Waals surface area contributed by atoms with Crippen molar-refractivity contribution in [2.45, 2.75) is 19.3 Å². The Morgan fingerprint density at radius 3 is 2.37 bits per heavy atom. The summed E-state index contributed by atoms with van der Waals surface area (Å²) in [7, 11) is 0. The van der Waals surface area contributed by atoms with Crippen LogP contribution in [0.2, 0.25) is 0 Å². The van der Waals surface area contributed by atoms with Crippen LogP contribution < -0.4 is 4.90 Å². The van der Waals surface area contributed by atoms with Gasteiger partial charge in [0.15, 0.2) is 0 Å². The minimum absolute atomic E-state index is 0.00694. The standard InChI is InChI=1S/C24H20N2O4/c1-14-15-10-11-26(22(15)25-12-20(14)23(27)28)24(29)30-13-21-18-8-4-2-6-16(18)17-7-3-5-9-19(17)21/h2-9,12,21H,10-11,13H2,1H3,(H,27,28). The second-order valence-corrected chi connectivity index (χ2v) is 7.61. The molecule has 150 valence electrons. The molecule has 3 aromatic rings. The normalized spacial score (nSPS) is 14.2. The number of fused-ring (bicyclic) bond motifs is 4. The number of amides is 1. The molecule has 1 aliphatic heterocycles. The van der Waals surface area contributed by atoms with E-state index in [2.05, 4.69) is 29.2 Å². The number of carboxylic acid groups (broad SMARTS) is 1. The van der Waals surface area contributed by atoms with Crippen LogP contribution in [0.1, 0.15) is 38.5 Å². The van der Waals surface area contributed by atoms with Crippen LogP contribution in [-0.4, -0.2) is 35.3 Å². The number of hydrogen-bond acceptors (Lipinski definition) is 4. The van der Waals surface area contributed by atoms with Crippen LogP contribution in [-0.2, 0) is 11.2 Å². The van der Waals surface area contributed by atoms with E-state index in [-0.39, 0.29) is 18.1 Å². The summed E-state index contributed by atoms with van der Waals surface area (Å²) in [5, 5.41) is 9.29. The lowest BCUT2D eigenvalue weighted by atomic mass is 9.98. The number of carbonyl (C=O) groups excluding carboxylic acids is 1. The highest BCUT2D eigenvalue weighted by Crippen LogP contribution is 2.44. The molecule has 2 aromatic carbocycles. The van der Waals surface area contributed by atoms with E-state index in [0.717, 1.165) is 16.7 Å². The number of benzene rings is 2. The van der Waals surface area contributed by atoms with Gasteiger partial charge in [-0.15, -0.1) is 0 Å². The zero-order chi connectivity index (χ0) is 20.8. The average Bonchev–Trinajstić information content (AvgIpc) is 3.32. The van der Waals surface area contributed by atoms with Crippen molar-refractivity contribution >= 4 is 17.9 Å². The average molecular weight is 400 g/mol. The van der Waals surface area contributed by atoms with Crippen molar-refractivity contribution in [1.29, 1.82) is 0 Å². The molecule has 0 atom stereocenters. The van der Waals surface area contributed by atoms with Gasteiger partial charge in [0, 0.05) is 24.2 Å². The third kappa shape index (κ3) is 2.76. The first kappa shape index (κ1) is 18.4. The van der Waals surface area contributed by atoms with E-state index in [4.69, 9.17) is 4.74 Å². The number of carboxylic acids is 1. The molecule has 2 aliphatic rings. The molecule has 0 fully saturated rings. The van der Waals surface area contributed by atoms with Crippen molar-refractivity contribution < 1.29 is 19.4 Å². The molecule has 5 rings (SSSR count). The maximum atomic E-state index is 12.9. The molecular weight excluding hydrogens is 380 g/mol. The summed E-state index contributed by atoms with van der Waals surface area (Å²) in [6.07, 6.45) is 1.43. The Bertz CT molecular complexity index is 1140. The SMILES string of the molecule is Cc1c(C(=O)O)cnc2c1CCN2C(=O)OCC1c2ccccc2-c2ccccc21. The maximum Gasteiger partial charge on any atom is 0.415 e. The highest BCUT2D eigenvalue weighted by Gasteiger charge is 2.33. The van der Waals surface area contributed by atoms with Crippen LogP contribution in [0.3, 0.4) is 0 Å². The molecule has 2 heterocycles. The highest BCUT2D eigenvalue weighted by molar-refractivity contribution is 5.93. The Morgan fingerprint density at radius 1 is 1.10 bits per heavy atom. The van der Waals surface area contributed by atoms with Gasteiger partial charge in [-0.25, -0.2) is 14.6 Å². The summed E-state index contributed by atoms with van der Waals surface area (Å²) in [4.78, 5) is 29.9. The molecule has 0 saturated carbocycles. The predicted molar refractivity (Wildman–Crippen MR) is 112 cm³/mol. The fourth-order valence-corrected chi connectivity index (χ4v) is 4.56. The lowest BCUT2D eigenvalue weighted by Gasteiger charge is -2.19. The second-order valence-electron chi connectivity index (χ2n) is 7.61. The zero-order valence-electron chi connectivity index (χ0n) is 16.5. The summed E-state index contributed by atoms with van der Waals surface area (Å²) in [5.41, 5.74) is 6.30. The molecule has 0 saturated heterocycles. The molecule has 0 unspecified atom stereocenters. The third-order valence-electron chi connectivity index (χ3n) is 6.07. The topological polar surface area (TPSA) is 79.7 Å². The quantitative estimate of drug-likeness (QED) is 0.705. The van der Waals surface area contributed by atoms with Crippen LogP contribution in [0.25, 0.3) is 11.1 Å². The molecule has 0 radical (unpaired) electrons. The minimum atomic E-state index is -1.01. The van der Waals surface area contributed by atoms with Gasteiger partial charge < -0.3 is 9.84 Å². The van der Waals surface area contributed by atoms with Gasteiger partial charge >= 0.3 is 12.1 Å². The summed E-state index contributed by atoms with van der Waals surface area (Å²) in [6, 6.07) is 16.4. The fraction of sp³-hybridized carbons (Fsp3) is 0.208. The van der Waals surface area contributed by atoms with Gasteiger partial charge in [-0.2, -0.15) is 0 Å². The molecule has 6 heteroatoms. The molecule has 1 N–H and O–H groups in total. The van der Waals surface area contributed by atoms with Crippen molar-refractivity contribution in [2.24, 2.45) is 0 Å². The van der Waals surface area contributed by atoms with Crippen molar-refractivity contribution in [3.8, 4) is 11.1 Å². The van der Waals surface area contributed by atoms with Gasteiger partial charge in [-0.05, 0) is 41.2 Å².